The Kier molecular flexibility index (Phi) is 3.44. The van der Waals surface area contributed by atoms with Crippen molar-refractivity contribution in [3.8, 4) is 17.1 Å². The van der Waals surface area contributed by atoms with Crippen molar-refractivity contribution < 1.29 is 9.26 Å². The first kappa shape index (κ1) is 12.1. The minimum Gasteiger partial charge on any atom is -0.496 e. The zero-order valence-corrected chi connectivity index (χ0v) is 11.1. The molecule has 0 aliphatic heterocycles. The molecule has 2 aromatic rings. The smallest absolute Gasteiger partial charge is 0.240 e. The van der Waals surface area contributed by atoms with Gasteiger partial charge in [-0.05, 0) is 24.6 Å². The number of hydrogen-bond donors (Lipinski definition) is 1. The molecule has 0 radical (unpaired) electrons. The summed E-state index contributed by atoms with van der Waals surface area (Å²) in [6, 6.07) is 3.77. The summed E-state index contributed by atoms with van der Waals surface area (Å²) in [6.07, 6.45) is 0. The van der Waals surface area contributed by atoms with Crippen molar-refractivity contribution in [2.75, 3.05) is 7.11 Å². The highest BCUT2D eigenvalue weighted by molar-refractivity contribution is 9.10. The van der Waals surface area contributed by atoms with E-state index in [2.05, 4.69) is 26.1 Å². The third kappa shape index (κ3) is 2.18. The number of nitrogens with zero attached hydrogens (tertiary/aromatic N) is 2. The number of hydrogen-bond acceptors (Lipinski definition) is 5. The molecule has 6 heteroatoms. The quantitative estimate of drug-likeness (QED) is 0.941. The van der Waals surface area contributed by atoms with Crippen molar-refractivity contribution in [2.24, 2.45) is 5.73 Å². The molecule has 0 saturated carbocycles. The maximum absolute atomic E-state index is 5.44. The fourth-order valence-electron chi connectivity index (χ4n) is 1.55. The number of aromatic nitrogens is 2. The van der Waals surface area contributed by atoms with Crippen LogP contribution in [0.5, 0.6) is 5.75 Å². The molecule has 2 N–H and O–H groups in total. The van der Waals surface area contributed by atoms with E-state index in [0.717, 1.165) is 15.6 Å². The van der Waals surface area contributed by atoms with Gasteiger partial charge in [0.05, 0.1) is 19.2 Å². The third-order valence-corrected chi connectivity index (χ3v) is 3.31. The Hall–Kier alpha value is -1.40. The highest BCUT2D eigenvalue weighted by Gasteiger charge is 2.17. The van der Waals surface area contributed by atoms with Crippen molar-refractivity contribution in [1.82, 2.24) is 10.1 Å². The lowest BCUT2D eigenvalue weighted by atomic mass is 10.1. The van der Waals surface area contributed by atoms with E-state index in [1.165, 1.54) is 0 Å². The number of halogens is 1. The van der Waals surface area contributed by atoms with Gasteiger partial charge in [-0.3, -0.25) is 0 Å². The van der Waals surface area contributed by atoms with E-state index in [0.29, 0.717) is 17.5 Å². The molecular formula is C11H12BrN3O2. The van der Waals surface area contributed by atoms with Gasteiger partial charge in [-0.2, -0.15) is 4.98 Å². The Morgan fingerprint density at radius 2 is 2.24 bits per heavy atom. The first-order valence-corrected chi connectivity index (χ1v) is 5.82. The highest BCUT2D eigenvalue weighted by atomic mass is 79.9. The van der Waals surface area contributed by atoms with Gasteiger partial charge < -0.3 is 15.0 Å². The maximum Gasteiger partial charge on any atom is 0.240 e. The van der Waals surface area contributed by atoms with Crippen molar-refractivity contribution in [2.45, 2.75) is 13.5 Å². The molecule has 90 valence electrons. The predicted molar refractivity (Wildman–Crippen MR) is 66.6 cm³/mol. The van der Waals surface area contributed by atoms with Gasteiger partial charge in [0, 0.05) is 4.47 Å². The van der Waals surface area contributed by atoms with Crippen LogP contribution in [-0.2, 0) is 6.54 Å². The van der Waals surface area contributed by atoms with Gasteiger partial charge in [-0.1, -0.05) is 21.1 Å². The summed E-state index contributed by atoms with van der Waals surface area (Å²) in [4.78, 5) is 4.21. The largest absolute Gasteiger partial charge is 0.496 e. The van der Waals surface area contributed by atoms with Crippen LogP contribution < -0.4 is 10.5 Å². The Balaban J connectivity index is 2.60. The lowest BCUT2D eigenvalue weighted by Gasteiger charge is -2.09. The van der Waals surface area contributed by atoms with E-state index in [-0.39, 0.29) is 6.54 Å². The number of rotatable bonds is 3. The topological polar surface area (TPSA) is 74.2 Å². The fraction of sp³-hybridized carbons (Fsp3) is 0.273. The van der Waals surface area contributed by atoms with Crippen molar-refractivity contribution in [3.05, 3.63) is 28.1 Å². The van der Waals surface area contributed by atoms with Gasteiger partial charge in [-0.15, -0.1) is 0 Å². The molecule has 0 aliphatic rings. The predicted octanol–water partition coefficient (Wildman–Crippen LogP) is 2.27. The van der Waals surface area contributed by atoms with Crippen molar-refractivity contribution in [3.63, 3.8) is 0 Å². The van der Waals surface area contributed by atoms with Gasteiger partial charge in [0.2, 0.25) is 11.7 Å². The van der Waals surface area contributed by atoms with E-state index in [1.807, 2.05) is 19.1 Å². The molecule has 0 saturated heterocycles. The Morgan fingerprint density at radius 1 is 1.47 bits per heavy atom. The van der Waals surface area contributed by atoms with Crippen LogP contribution in [0.4, 0.5) is 0 Å². The van der Waals surface area contributed by atoms with E-state index in [1.54, 1.807) is 7.11 Å². The molecule has 0 fully saturated rings. The molecule has 0 unspecified atom stereocenters. The molecule has 1 aromatic heterocycles. The lowest BCUT2D eigenvalue weighted by Crippen LogP contribution is -1.97. The second-order valence-electron chi connectivity index (χ2n) is 3.47. The molecule has 5 nitrogen and oxygen atoms in total. The number of benzene rings is 1. The maximum atomic E-state index is 5.44. The number of methoxy groups -OCH3 is 1. The van der Waals surface area contributed by atoms with Crippen LogP contribution in [0.2, 0.25) is 0 Å². The van der Waals surface area contributed by atoms with Crippen LogP contribution in [-0.4, -0.2) is 17.3 Å². The van der Waals surface area contributed by atoms with E-state index in [4.69, 9.17) is 15.0 Å². The second-order valence-corrected chi connectivity index (χ2v) is 4.32. The number of ether oxygens (including phenoxy) is 1. The molecule has 0 atom stereocenters. The molecule has 0 amide bonds. The first-order valence-electron chi connectivity index (χ1n) is 5.03. The van der Waals surface area contributed by atoms with Gasteiger partial charge in [0.15, 0.2) is 0 Å². The standard InChI is InChI=1S/C11H12BrN3O2/c1-6-7(12)3-4-8(16-2)10(6)11-14-9(5-13)17-15-11/h3-4H,5,13H2,1-2H3. The monoisotopic (exact) mass is 297 g/mol. The Labute approximate surface area is 107 Å². The fourth-order valence-corrected chi connectivity index (χ4v) is 1.88. The molecule has 17 heavy (non-hydrogen) atoms. The zero-order valence-electron chi connectivity index (χ0n) is 9.53. The van der Waals surface area contributed by atoms with E-state index >= 15 is 0 Å². The summed E-state index contributed by atoms with van der Waals surface area (Å²) < 4.78 is 11.3. The highest BCUT2D eigenvalue weighted by Crippen LogP contribution is 2.35. The van der Waals surface area contributed by atoms with Gasteiger partial charge in [-0.25, -0.2) is 0 Å². The van der Waals surface area contributed by atoms with Gasteiger partial charge in [0.25, 0.3) is 0 Å². The first-order chi connectivity index (χ1) is 8.17. The average molecular weight is 298 g/mol. The summed E-state index contributed by atoms with van der Waals surface area (Å²) in [6.45, 7) is 2.18. The van der Waals surface area contributed by atoms with Gasteiger partial charge in [0.1, 0.15) is 5.75 Å². The SMILES string of the molecule is COc1ccc(Br)c(C)c1-c1noc(CN)n1. The van der Waals surface area contributed by atoms with Gasteiger partial charge >= 0.3 is 0 Å². The summed E-state index contributed by atoms with van der Waals surface area (Å²) in [7, 11) is 1.61. The second kappa shape index (κ2) is 4.85. The molecule has 0 aliphatic carbocycles. The lowest BCUT2D eigenvalue weighted by molar-refractivity contribution is 0.379. The summed E-state index contributed by atoms with van der Waals surface area (Å²) in [5.74, 6) is 1.60. The summed E-state index contributed by atoms with van der Waals surface area (Å²) in [5, 5.41) is 3.90. The molecule has 1 heterocycles. The summed E-state index contributed by atoms with van der Waals surface area (Å²) in [5.41, 5.74) is 7.25. The molecule has 1 aromatic carbocycles. The van der Waals surface area contributed by atoms with Crippen LogP contribution in [0.25, 0.3) is 11.4 Å². The van der Waals surface area contributed by atoms with Crippen LogP contribution in [0.3, 0.4) is 0 Å². The normalized spacial score (nSPS) is 10.6. The zero-order chi connectivity index (χ0) is 12.4. The van der Waals surface area contributed by atoms with Crippen molar-refractivity contribution in [1.29, 1.82) is 0 Å². The van der Waals surface area contributed by atoms with E-state index < -0.39 is 0 Å². The van der Waals surface area contributed by atoms with E-state index in [9.17, 15) is 0 Å². The van der Waals surface area contributed by atoms with Crippen LogP contribution >= 0.6 is 15.9 Å². The molecular weight excluding hydrogens is 286 g/mol. The summed E-state index contributed by atoms with van der Waals surface area (Å²) >= 11 is 3.46. The minimum atomic E-state index is 0.225. The van der Waals surface area contributed by atoms with Crippen LogP contribution in [0, 0.1) is 6.92 Å². The average Bonchev–Trinajstić information content (AvgIpc) is 2.80. The Bertz CT molecular complexity index is 540. The van der Waals surface area contributed by atoms with Crippen LogP contribution in [0.1, 0.15) is 11.5 Å². The molecule has 0 bridgehead atoms. The minimum absolute atomic E-state index is 0.225. The Morgan fingerprint density at radius 3 is 2.82 bits per heavy atom. The van der Waals surface area contributed by atoms with Crippen LogP contribution in [0.15, 0.2) is 21.1 Å². The molecule has 2 rings (SSSR count). The van der Waals surface area contributed by atoms with Crippen molar-refractivity contribution >= 4 is 15.9 Å². The molecule has 0 spiro atoms. The third-order valence-electron chi connectivity index (χ3n) is 2.45. The number of nitrogens with two attached hydrogens (primary N) is 1.